The van der Waals surface area contributed by atoms with Gasteiger partial charge in [0, 0.05) is 4.47 Å². The number of alkyl halides is 3. The van der Waals surface area contributed by atoms with Gasteiger partial charge in [-0.25, -0.2) is 4.79 Å². The Balaban J connectivity index is 3.14. The Bertz CT molecular complexity index is 475. The van der Waals surface area contributed by atoms with Gasteiger partial charge in [-0.05, 0) is 23.8 Å². The minimum absolute atomic E-state index is 0.0634. The van der Waals surface area contributed by atoms with Gasteiger partial charge in [-0.15, -0.1) is 0 Å². The number of esters is 1. The number of hydrogen-bond acceptors (Lipinski definition) is 4. The Kier molecular flexibility index (Phi) is 4.94. The number of aliphatic hydroxyl groups excluding tert-OH is 2. The highest BCUT2D eigenvalue weighted by Gasteiger charge is 2.33. The van der Waals surface area contributed by atoms with Gasteiger partial charge in [0.1, 0.15) is 6.10 Å². The molecule has 0 heterocycles. The van der Waals surface area contributed by atoms with E-state index in [1.807, 2.05) is 0 Å². The van der Waals surface area contributed by atoms with Crippen LogP contribution < -0.4 is 0 Å². The number of benzene rings is 1. The molecular weight excluding hydrogens is 333 g/mol. The minimum atomic E-state index is -4.60. The third-order valence-electron chi connectivity index (χ3n) is 2.33. The molecule has 4 nitrogen and oxygen atoms in total. The molecule has 0 spiro atoms. The first-order valence-corrected chi connectivity index (χ1v) is 5.77. The molecule has 0 fully saturated rings. The van der Waals surface area contributed by atoms with Crippen LogP contribution in [-0.2, 0) is 15.7 Å². The van der Waals surface area contributed by atoms with Crippen molar-refractivity contribution in [1.82, 2.24) is 0 Å². The first-order chi connectivity index (χ1) is 8.66. The van der Waals surface area contributed by atoms with E-state index in [2.05, 4.69) is 20.7 Å². The largest absolute Gasteiger partial charge is 0.467 e. The third kappa shape index (κ3) is 3.92. The molecule has 2 unspecified atom stereocenters. The fourth-order valence-corrected chi connectivity index (χ4v) is 1.89. The molecule has 0 aliphatic heterocycles. The molecule has 8 heteroatoms. The van der Waals surface area contributed by atoms with Crippen LogP contribution in [0.2, 0.25) is 0 Å². The lowest BCUT2D eigenvalue weighted by Gasteiger charge is -2.18. The van der Waals surface area contributed by atoms with E-state index in [0.29, 0.717) is 6.07 Å². The lowest BCUT2D eigenvalue weighted by molar-refractivity contribution is -0.156. The van der Waals surface area contributed by atoms with Crippen LogP contribution in [0.1, 0.15) is 17.2 Å². The summed E-state index contributed by atoms with van der Waals surface area (Å²) in [6, 6.07) is 2.65. The van der Waals surface area contributed by atoms with Crippen molar-refractivity contribution in [3.8, 4) is 0 Å². The molecular formula is C11H10BrF3O4. The van der Waals surface area contributed by atoms with Gasteiger partial charge in [0.25, 0.3) is 0 Å². The van der Waals surface area contributed by atoms with E-state index in [0.717, 1.165) is 13.2 Å². The number of rotatable bonds is 3. The summed E-state index contributed by atoms with van der Waals surface area (Å²) in [5.74, 6) is -1.14. The topological polar surface area (TPSA) is 66.8 Å². The van der Waals surface area contributed by atoms with Gasteiger partial charge in [-0.1, -0.05) is 15.9 Å². The summed E-state index contributed by atoms with van der Waals surface area (Å²) in [5.41, 5.74) is -1.26. The Morgan fingerprint density at radius 1 is 1.32 bits per heavy atom. The molecule has 2 N–H and O–H groups in total. The fraction of sp³-hybridized carbons (Fsp3) is 0.364. The average molecular weight is 343 g/mol. The van der Waals surface area contributed by atoms with Gasteiger partial charge in [0.2, 0.25) is 0 Å². The summed E-state index contributed by atoms with van der Waals surface area (Å²) in [6.07, 6.45) is -8.37. The second-order valence-electron chi connectivity index (χ2n) is 3.68. The summed E-state index contributed by atoms with van der Waals surface area (Å²) in [5, 5.41) is 19.1. The van der Waals surface area contributed by atoms with Gasteiger partial charge in [0.05, 0.1) is 12.7 Å². The zero-order valence-electron chi connectivity index (χ0n) is 9.61. The first-order valence-electron chi connectivity index (χ1n) is 4.98. The van der Waals surface area contributed by atoms with E-state index in [1.165, 1.54) is 6.07 Å². The van der Waals surface area contributed by atoms with Gasteiger partial charge >= 0.3 is 12.1 Å². The Labute approximate surface area is 114 Å². The number of ether oxygens (including phenoxy) is 1. The van der Waals surface area contributed by atoms with Crippen molar-refractivity contribution in [1.29, 1.82) is 0 Å². The number of carbonyl (C=O) groups is 1. The lowest BCUT2D eigenvalue weighted by atomic mass is 10.0. The van der Waals surface area contributed by atoms with E-state index in [9.17, 15) is 28.2 Å². The zero-order chi connectivity index (χ0) is 14.8. The van der Waals surface area contributed by atoms with E-state index in [1.54, 1.807) is 0 Å². The van der Waals surface area contributed by atoms with Crippen molar-refractivity contribution in [3.63, 3.8) is 0 Å². The molecule has 1 aromatic rings. The highest BCUT2D eigenvalue weighted by molar-refractivity contribution is 9.10. The number of halogens is 4. The number of methoxy groups -OCH3 is 1. The summed E-state index contributed by atoms with van der Waals surface area (Å²) in [4.78, 5) is 11.0. The van der Waals surface area contributed by atoms with Gasteiger partial charge < -0.3 is 14.9 Å². The van der Waals surface area contributed by atoms with Crippen LogP contribution >= 0.6 is 15.9 Å². The third-order valence-corrected chi connectivity index (χ3v) is 2.79. The van der Waals surface area contributed by atoms with Crippen LogP contribution in [0.25, 0.3) is 0 Å². The van der Waals surface area contributed by atoms with Gasteiger partial charge in [-0.2, -0.15) is 13.2 Å². The van der Waals surface area contributed by atoms with E-state index < -0.39 is 29.9 Å². The molecule has 1 aromatic carbocycles. The smallest absolute Gasteiger partial charge is 0.416 e. The number of hydrogen-bond donors (Lipinski definition) is 2. The zero-order valence-corrected chi connectivity index (χ0v) is 11.2. The maximum Gasteiger partial charge on any atom is 0.416 e. The first kappa shape index (κ1) is 15.9. The standard InChI is InChI=1S/C11H10BrF3O4/c1-19-10(18)9(17)8(16)5-2-6(11(13,14)15)4-7(12)3-5/h2-4,8-9,16-17H,1H3. The molecule has 0 amide bonds. The molecule has 2 atom stereocenters. The van der Waals surface area contributed by atoms with Crippen LogP contribution in [0.4, 0.5) is 13.2 Å². The molecule has 0 saturated heterocycles. The van der Waals surface area contributed by atoms with Crippen LogP contribution in [-0.4, -0.2) is 29.4 Å². The van der Waals surface area contributed by atoms with E-state index in [-0.39, 0.29) is 10.0 Å². The molecule has 19 heavy (non-hydrogen) atoms. The molecule has 0 bridgehead atoms. The van der Waals surface area contributed by atoms with Crippen molar-refractivity contribution >= 4 is 21.9 Å². The van der Waals surface area contributed by atoms with E-state index >= 15 is 0 Å². The molecule has 0 radical (unpaired) electrons. The van der Waals surface area contributed by atoms with Crippen molar-refractivity contribution in [3.05, 3.63) is 33.8 Å². The number of carbonyl (C=O) groups excluding carboxylic acids is 1. The molecule has 0 aromatic heterocycles. The lowest BCUT2D eigenvalue weighted by Crippen LogP contribution is -2.29. The van der Waals surface area contributed by atoms with Crippen molar-refractivity contribution in [2.75, 3.05) is 7.11 Å². The monoisotopic (exact) mass is 342 g/mol. The quantitative estimate of drug-likeness (QED) is 0.825. The van der Waals surface area contributed by atoms with Gasteiger partial charge in [-0.3, -0.25) is 0 Å². The Morgan fingerprint density at radius 3 is 2.37 bits per heavy atom. The van der Waals surface area contributed by atoms with Crippen molar-refractivity contribution in [2.45, 2.75) is 18.4 Å². The molecule has 0 aliphatic rings. The number of aliphatic hydroxyl groups is 2. The second kappa shape index (κ2) is 5.89. The maximum atomic E-state index is 12.6. The molecule has 106 valence electrons. The minimum Gasteiger partial charge on any atom is -0.467 e. The van der Waals surface area contributed by atoms with Crippen LogP contribution in [0, 0.1) is 0 Å². The summed E-state index contributed by atoms with van der Waals surface area (Å²) in [6.45, 7) is 0. The fourth-order valence-electron chi connectivity index (χ4n) is 1.38. The predicted octanol–water partition coefficient (Wildman–Crippen LogP) is 2.04. The summed E-state index contributed by atoms with van der Waals surface area (Å²) < 4.78 is 42.0. The van der Waals surface area contributed by atoms with Crippen molar-refractivity contribution < 1.29 is 32.9 Å². The van der Waals surface area contributed by atoms with Crippen molar-refractivity contribution in [2.24, 2.45) is 0 Å². The highest BCUT2D eigenvalue weighted by atomic mass is 79.9. The van der Waals surface area contributed by atoms with Crippen LogP contribution in [0.15, 0.2) is 22.7 Å². The Hall–Kier alpha value is -1.12. The highest BCUT2D eigenvalue weighted by Crippen LogP contribution is 2.34. The summed E-state index contributed by atoms with van der Waals surface area (Å²) >= 11 is 2.87. The van der Waals surface area contributed by atoms with Crippen LogP contribution in [0.3, 0.4) is 0 Å². The average Bonchev–Trinajstić information content (AvgIpc) is 2.34. The molecule has 0 saturated carbocycles. The molecule has 1 rings (SSSR count). The maximum absolute atomic E-state index is 12.6. The second-order valence-corrected chi connectivity index (χ2v) is 4.60. The van der Waals surface area contributed by atoms with Gasteiger partial charge in [0.15, 0.2) is 6.10 Å². The molecule has 0 aliphatic carbocycles. The van der Waals surface area contributed by atoms with Crippen LogP contribution in [0.5, 0.6) is 0 Å². The SMILES string of the molecule is COC(=O)C(O)C(O)c1cc(Br)cc(C(F)(F)F)c1. The normalized spacial score (nSPS) is 14.9. The predicted molar refractivity (Wildman–Crippen MR) is 62.1 cm³/mol. The van der Waals surface area contributed by atoms with E-state index in [4.69, 9.17) is 0 Å². The Morgan fingerprint density at radius 2 is 1.89 bits per heavy atom. The summed E-state index contributed by atoms with van der Waals surface area (Å²) in [7, 11) is 0.986.